The molecule has 1 saturated heterocycles. The number of benzene rings is 2. The molecule has 6 rings (SSSR count). The third-order valence-corrected chi connectivity index (χ3v) is 7.82. The van der Waals surface area contributed by atoms with E-state index in [1.807, 2.05) is 17.0 Å². The van der Waals surface area contributed by atoms with Crippen LogP contribution in [0, 0.1) is 5.92 Å². The Bertz CT molecular complexity index is 1720. The molecule has 2 unspecified atom stereocenters. The third-order valence-electron chi connectivity index (χ3n) is 7.58. The SMILES string of the molecule is COC(=O)Nc1ccc2c(c1)NCC1CCN(C1)C(=O)CC(NC(=O)C=Cc1cc(Cl)ccc1-n1cnnn1)c1ncc-2[nH]1. The second-order valence-electron chi connectivity index (χ2n) is 10.5. The van der Waals surface area contributed by atoms with Gasteiger partial charge in [0.1, 0.15) is 12.2 Å². The van der Waals surface area contributed by atoms with Gasteiger partial charge in [0.15, 0.2) is 0 Å². The molecule has 2 aliphatic rings. The standard InChI is InChI=1S/C29H29ClN10O4/c1-44-29(43)34-20-4-5-21-22(11-20)31-13-17-8-9-39(15-17)27(42)12-23(28-32-14-24(21)36-28)35-26(41)7-2-18-10-19(30)3-6-25(18)40-16-33-37-38-40/h2-7,10-11,14,16-17,23,31H,8-9,12-13,15H2,1H3,(H,32,36)(H,34,43)(H,35,41). The van der Waals surface area contributed by atoms with Crippen LogP contribution >= 0.6 is 11.6 Å². The Morgan fingerprint density at radius 2 is 2.09 bits per heavy atom. The van der Waals surface area contributed by atoms with Gasteiger partial charge in [0.2, 0.25) is 11.8 Å². The molecule has 2 aliphatic heterocycles. The number of halogens is 1. The highest BCUT2D eigenvalue weighted by Gasteiger charge is 2.30. The van der Waals surface area contributed by atoms with Crippen molar-refractivity contribution in [2.45, 2.75) is 18.9 Å². The van der Waals surface area contributed by atoms with Crippen LogP contribution in [0.5, 0.6) is 0 Å². The average molecular weight is 617 g/mol. The summed E-state index contributed by atoms with van der Waals surface area (Å²) >= 11 is 6.22. The lowest BCUT2D eigenvalue weighted by Gasteiger charge is -2.21. The molecule has 2 atom stereocenters. The van der Waals surface area contributed by atoms with Crippen LogP contribution in [0.4, 0.5) is 16.2 Å². The molecule has 4 N–H and O–H groups in total. The molecule has 0 spiro atoms. The van der Waals surface area contributed by atoms with Gasteiger partial charge in [-0.25, -0.2) is 9.78 Å². The molecule has 15 heteroatoms. The second-order valence-corrected chi connectivity index (χ2v) is 10.9. The summed E-state index contributed by atoms with van der Waals surface area (Å²) in [6.07, 6.45) is 6.40. The average Bonchev–Trinajstić information content (AvgIpc) is 3.81. The number of imidazole rings is 1. The third kappa shape index (κ3) is 6.39. The number of nitrogens with one attached hydrogen (secondary N) is 4. The van der Waals surface area contributed by atoms with E-state index in [4.69, 9.17) is 16.3 Å². The Morgan fingerprint density at radius 1 is 1.20 bits per heavy atom. The Balaban J connectivity index is 1.29. The van der Waals surface area contributed by atoms with Gasteiger partial charge in [0, 0.05) is 53.2 Å². The highest BCUT2D eigenvalue weighted by Crippen LogP contribution is 2.32. The van der Waals surface area contributed by atoms with E-state index >= 15 is 0 Å². The van der Waals surface area contributed by atoms with Gasteiger partial charge in [0.05, 0.1) is 37.2 Å². The van der Waals surface area contributed by atoms with Gasteiger partial charge in [0.25, 0.3) is 0 Å². The Kier molecular flexibility index (Phi) is 8.23. The molecule has 14 nitrogen and oxygen atoms in total. The van der Waals surface area contributed by atoms with Gasteiger partial charge < -0.3 is 25.3 Å². The van der Waals surface area contributed by atoms with Gasteiger partial charge in [-0.05, 0) is 65.2 Å². The van der Waals surface area contributed by atoms with Crippen LogP contribution in [-0.2, 0) is 14.3 Å². The van der Waals surface area contributed by atoms with Crippen LogP contribution in [-0.4, -0.2) is 79.7 Å². The van der Waals surface area contributed by atoms with E-state index in [9.17, 15) is 14.4 Å². The van der Waals surface area contributed by atoms with Gasteiger partial charge >= 0.3 is 6.09 Å². The van der Waals surface area contributed by atoms with Crippen molar-refractivity contribution < 1.29 is 19.1 Å². The minimum absolute atomic E-state index is 0.0363. The smallest absolute Gasteiger partial charge is 0.411 e. The molecule has 0 radical (unpaired) electrons. The summed E-state index contributed by atoms with van der Waals surface area (Å²) in [5, 5.41) is 20.9. The van der Waals surface area contributed by atoms with E-state index in [2.05, 4.69) is 41.4 Å². The van der Waals surface area contributed by atoms with Crippen molar-refractivity contribution in [3.05, 3.63) is 71.4 Å². The largest absolute Gasteiger partial charge is 0.453 e. The number of aromatic nitrogens is 6. The fourth-order valence-electron chi connectivity index (χ4n) is 5.35. The molecular weight excluding hydrogens is 588 g/mol. The maximum atomic E-state index is 13.4. The molecule has 44 heavy (non-hydrogen) atoms. The van der Waals surface area contributed by atoms with Crippen LogP contribution < -0.4 is 16.0 Å². The van der Waals surface area contributed by atoms with Gasteiger partial charge in [-0.3, -0.25) is 14.9 Å². The number of ether oxygens (including phenoxy) is 1. The van der Waals surface area contributed by atoms with Gasteiger partial charge in [-0.2, -0.15) is 4.68 Å². The fourth-order valence-corrected chi connectivity index (χ4v) is 5.53. The normalized spacial score (nSPS) is 18.0. The number of methoxy groups -OCH3 is 1. The first-order chi connectivity index (χ1) is 21.4. The zero-order chi connectivity index (χ0) is 30.6. The summed E-state index contributed by atoms with van der Waals surface area (Å²) in [5.41, 5.74) is 4.11. The van der Waals surface area contributed by atoms with Crippen LogP contribution in [0.2, 0.25) is 5.02 Å². The minimum atomic E-state index is -0.719. The topological polar surface area (TPSA) is 172 Å². The van der Waals surface area contributed by atoms with Gasteiger partial charge in [-0.1, -0.05) is 11.6 Å². The predicted octanol–water partition coefficient (Wildman–Crippen LogP) is 3.42. The highest BCUT2D eigenvalue weighted by atomic mass is 35.5. The van der Waals surface area contributed by atoms with E-state index in [1.54, 1.807) is 36.5 Å². The Morgan fingerprint density at radius 3 is 2.91 bits per heavy atom. The van der Waals surface area contributed by atoms with Gasteiger partial charge in [-0.15, -0.1) is 5.10 Å². The number of tetrazole rings is 1. The molecular formula is C29H29ClN10O4. The number of hydrogen-bond donors (Lipinski definition) is 4. The van der Waals surface area contributed by atoms with Crippen LogP contribution in [0.1, 0.15) is 30.3 Å². The van der Waals surface area contributed by atoms with Crippen LogP contribution in [0.25, 0.3) is 23.0 Å². The quantitative estimate of drug-likeness (QED) is 0.245. The maximum absolute atomic E-state index is 13.4. The molecule has 4 heterocycles. The van der Waals surface area contributed by atoms with E-state index < -0.39 is 18.0 Å². The first kappa shape index (κ1) is 28.9. The summed E-state index contributed by atoms with van der Waals surface area (Å²) in [6.45, 7) is 1.86. The lowest BCUT2D eigenvalue weighted by Crippen LogP contribution is -2.35. The zero-order valence-corrected chi connectivity index (χ0v) is 24.4. The fraction of sp³-hybridized carbons (Fsp3) is 0.276. The second kappa shape index (κ2) is 12.6. The lowest BCUT2D eigenvalue weighted by atomic mass is 10.1. The number of hydrogen-bond acceptors (Lipinski definition) is 9. The molecule has 4 aromatic rings. The van der Waals surface area contributed by atoms with Crippen molar-refractivity contribution in [3.63, 3.8) is 0 Å². The summed E-state index contributed by atoms with van der Waals surface area (Å²) < 4.78 is 6.20. The van der Waals surface area contributed by atoms with Crippen molar-refractivity contribution in [1.29, 1.82) is 0 Å². The number of nitrogens with zero attached hydrogens (tertiary/aromatic N) is 6. The van der Waals surface area contributed by atoms with Crippen molar-refractivity contribution in [2.24, 2.45) is 5.92 Å². The van der Waals surface area contributed by atoms with Crippen LogP contribution in [0.15, 0.2) is 55.0 Å². The monoisotopic (exact) mass is 616 g/mol. The summed E-state index contributed by atoms with van der Waals surface area (Å²) in [5.74, 6) is 0.179. The molecule has 1 fully saturated rings. The maximum Gasteiger partial charge on any atom is 0.411 e. The van der Waals surface area contributed by atoms with Crippen molar-refractivity contribution in [2.75, 3.05) is 37.4 Å². The molecule has 2 aromatic heterocycles. The number of carbonyl (C=O) groups is 3. The summed E-state index contributed by atoms with van der Waals surface area (Å²) in [4.78, 5) is 48.1. The number of carbonyl (C=O) groups excluding carboxylic acids is 3. The van der Waals surface area contributed by atoms with Crippen LogP contribution in [0.3, 0.4) is 0 Å². The molecule has 3 amide bonds. The molecule has 0 saturated carbocycles. The molecule has 2 aromatic carbocycles. The van der Waals surface area contributed by atoms with E-state index in [-0.39, 0.29) is 18.2 Å². The highest BCUT2D eigenvalue weighted by molar-refractivity contribution is 6.30. The first-order valence-electron chi connectivity index (χ1n) is 13.9. The number of aromatic amines is 1. The molecule has 226 valence electrons. The van der Waals surface area contributed by atoms with E-state index in [1.165, 1.54) is 24.2 Å². The number of rotatable bonds is 5. The predicted molar refractivity (Wildman–Crippen MR) is 162 cm³/mol. The molecule has 0 aliphatic carbocycles. The lowest BCUT2D eigenvalue weighted by molar-refractivity contribution is -0.131. The number of H-pyrrole nitrogens is 1. The summed E-state index contributed by atoms with van der Waals surface area (Å²) in [6, 6.07) is 9.89. The number of amides is 3. The van der Waals surface area contributed by atoms with Crippen molar-refractivity contribution >= 4 is 47.0 Å². The number of fused-ring (bicyclic) bond motifs is 6. The Hall–Kier alpha value is -5.24. The van der Waals surface area contributed by atoms with Crippen molar-refractivity contribution in [1.82, 2.24) is 40.4 Å². The Labute approximate surface area is 256 Å². The minimum Gasteiger partial charge on any atom is -0.453 e. The van der Waals surface area contributed by atoms with E-state index in [0.29, 0.717) is 53.1 Å². The first-order valence-corrected chi connectivity index (χ1v) is 14.3. The number of anilines is 2. The summed E-state index contributed by atoms with van der Waals surface area (Å²) in [7, 11) is 1.31. The zero-order valence-electron chi connectivity index (χ0n) is 23.7. The van der Waals surface area contributed by atoms with Crippen molar-refractivity contribution in [3.8, 4) is 16.9 Å². The molecule has 4 bridgehead atoms. The van der Waals surface area contributed by atoms with E-state index in [0.717, 1.165) is 17.7 Å².